The number of nitrogens with zero attached hydrogens (tertiary/aromatic N) is 1. The van der Waals surface area contributed by atoms with E-state index in [1.54, 1.807) is 7.11 Å². The second-order valence-electron chi connectivity index (χ2n) is 4.24. The van der Waals surface area contributed by atoms with Gasteiger partial charge in [0, 0.05) is 13.2 Å². The average molecular weight is 264 g/mol. The summed E-state index contributed by atoms with van der Waals surface area (Å²) < 4.78 is 10.2. The third-order valence-electron chi connectivity index (χ3n) is 2.76. The van der Waals surface area contributed by atoms with Crippen LogP contribution in [0.25, 0.3) is 0 Å². The first-order valence-electron chi connectivity index (χ1n) is 6.16. The lowest BCUT2D eigenvalue weighted by atomic mass is 10.1. The molecular weight excluding hydrogens is 244 g/mol. The van der Waals surface area contributed by atoms with Gasteiger partial charge in [-0.1, -0.05) is 12.1 Å². The van der Waals surface area contributed by atoms with E-state index in [1.165, 1.54) is 0 Å². The predicted octanol–water partition coefficient (Wildman–Crippen LogP) is 1.25. The van der Waals surface area contributed by atoms with Crippen LogP contribution in [0.4, 0.5) is 0 Å². The van der Waals surface area contributed by atoms with Crippen LogP contribution >= 0.6 is 0 Å². The summed E-state index contributed by atoms with van der Waals surface area (Å²) in [7, 11) is 1.61. The first kappa shape index (κ1) is 15.4. The molecule has 0 saturated heterocycles. The molecule has 0 aliphatic carbocycles. The molecule has 2 atom stereocenters. The maximum Gasteiger partial charge on any atom is 0.174 e. The number of aliphatic hydroxyl groups excluding tert-OH is 1. The van der Waals surface area contributed by atoms with Crippen LogP contribution in [0, 0.1) is 11.3 Å². The van der Waals surface area contributed by atoms with Crippen LogP contribution in [-0.4, -0.2) is 38.1 Å². The highest BCUT2D eigenvalue weighted by atomic mass is 16.5. The van der Waals surface area contributed by atoms with Crippen molar-refractivity contribution >= 4 is 0 Å². The molecule has 1 rings (SSSR count). The number of nitrogens with one attached hydrogen (secondary N) is 1. The highest BCUT2D eigenvalue weighted by Gasteiger charge is 2.12. The minimum Gasteiger partial charge on any atom is -0.479 e. The Labute approximate surface area is 113 Å². The number of aliphatic hydroxyl groups is 1. The molecule has 1 aromatic carbocycles. The Balaban J connectivity index is 2.57. The molecule has 5 heteroatoms. The molecule has 0 aliphatic rings. The van der Waals surface area contributed by atoms with E-state index in [0.717, 1.165) is 5.56 Å². The topological polar surface area (TPSA) is 74.5 Å². The van der Waals surface area contributed by atoms with Crippen LogP contribution in [-0.2, 0) is 4.74 Å². The van der Waals surface area contributed by atoms with E-state index in [4.69, 9.17) is 14.7 Å². The Morgan fingerprint density at radius 3 is 2.58 bits per heavy atom. The van der Waals surface area contributed by atoms with Gasteiger partial charge in [0.05, 0.1) is 19.3 Å². The van der Waals surface area contributed by atoms with Gasteiger partial charge in [0.2, 0.25) is 0 Å². The third-order valence-corrected chi connectivity index (χ3v) is 2.76. The van der Waals surface area contributed by atoms with Gasteiger partial charge in [-0.05, 0) is 24.6 Å². The summed E-state index contributed by atoms with van der Waals surface area (Å²) in [5, 5.41) is 20.9. The number of methoxy groups -OCH3 is 1. The Morgan fingerprint density at radius 2 is 2.05 bits per heavy atom. The number of nitriles is 1. The fourth-order valence-electron chi connectivity index (χ4n) is 1.77. The standard InChI is InChI=1S/C14H20N2O3/c1-11(16-13(9-17)10-18-2)12-3-5-14(6-4-12)19-8-7-15/h3-6,11,13,16-17H,8-10H2,1-2H3. The molecule has 2 unspecified atom stereocenters. The summed E-state index contributed by atoms with van der Waals surface area (Å²) in [5.41, 5.74) is 1.08. The molecule has 0 heterocycles. The van der Waals surface area contributed by atoms with E-state index in [-0.39, 0.29) is 25.3 Å². The summed E-state index contributed by atoms with van der Waals surface area (Å²) >= 11 is 0. The summed E-state index contributed by atoms with van der Waals surface area (Å²) in [6.07, 6.45) is 0. The fraction of sp³-hybridized carbons (Fsp3) is 0.500. The molecule has 0 fully saturated rings. The Hall–Kier alpha value is -1.61. The van der Waals surface area contributed by atoms with Crippen molar-refractivity contribution < 1.29 is 14.6 Å². The van der Waals surface area contributed by atoms with Gasteiger partial charge < -0.3 is 19.9 Å². The van der Waals surface area contributed by atoms with Crippen LogP contribution < -0.4 is 10.1 Å². The van der Waals surface area contributed by atoms with E-state index < -0.39 is 0 Å². The lowest BCUT2D eigenvalue weighted by Gasteiger charge is -2.21. The van der Waals surface area contributed by atoms with Crippen molar-refractivity contribution in [1.82, 2.24) is 5.32 Å². The van der Waals surface area contributed by atoms with Crippen LogP contribution in [0.2, 0.25) is 0 Å². The van der Waals surface area contributed by atoms with E-state index in [1.807, 2.05) is 37.3 Å². The number of hydrogen-bond donors (Lipinski definition) is 2. The molecule has 5 nitrogen and oxygen atoms in total. The second kappa shape index (κ2) is 8.48. The van der Waals surface area contributed by atoms with Crippen molar-refractivity contribution in [3.8, 4) is 11.8 Å². The van der Waals surface area contributed by atoms with Crippen molar-refractivity contribution in [3.63, 3.8) is 0 Å². The van der Waals surface area contributed by atoms with Crippen LogP contribution in [0.1, 0.15) is 18.5 Å². The zero-order chi connectivity index (χ0) is 14.1. The second-order valence-corrected chi connectivity index (χ2v) is 4.24. The maximum absolute atomic E-state index is 9.20. The molecule has 0 amide bonds. The van der Waals surface area contributed by atoms with Gasteiger partial charge in [-0.15, -0.1) is 0 Å². The molecule has 19 heavy (non-hydrogen) atoms. The van der Waals surface area contributed by atoms with Crippen molar-refractivity contribution in [2.24, 2.45) is 0 Å². The lowest BCUT2D eigenvalue weighted by molar-refractivity contribution is 0.123. The van der Waals surface area contributed by atoms with E-state index in [0.29, 0.717) is 12.4 Å². The van der Waals surface area contributed by atoms with Gasteiger partial charge in [-0.2, -0.15) is 5.26 Å². The third kappa shape index (κ3) is 5.26. The van der Waals surface area contributed by atoms with Gasteiger partial charge in [0.25, 0.3) is 0 Å². The molecule has 0 saturated carbocycles. The lowest BCUT2D eigenvalue weighted by Crippen LogP contribution is -2.38. The van der Waals surface area contributed by atoms with Gasteiger partial charge in [0.15, 0.2) is 6.61 Å². The maximum atomic E-state index is 9.20. The minimum atomic E-state index is -0.0884. The quantitative estimate of drug-likeness (QED) is 0.739. The molecule has 0 spiro atoms. The van der Waals surface area contributed by atoms with Gasteiger partial charge in [-0.3, -0.25) is 0 Å². The Morgan fingerprint density at radius 1 is 1.37 bits per heavy atom. The molecule has 0 radical (unpaired) electrons. The Kier molecular flexibility index (Phi) is 6.90. The minimum absolute atomic E-state index is 0.0293. The predicted molar refractivity (Wildman–Crippen MR) is 71.9 cm³/mol. The monoisotopic (exact) mass is 264 g/mol. The van der Waals surface area contributed by atoms with Crippen LogP contribution in [0.3, 0.4) is 0 Å². The molecule has 2 N–H and O–H groups in total. The fourth-order valence-corrected chi connectivity index (χ4v) is 1.77. The molecular formula is C14H20N2O3. The molecule has 104 valence electrons. The number of rotatable bonds is 8. The van der Waals surface area contributed by atoms with Crippen molar-refractivity contribution in [2.75, 3.05) is 26.9 Å². The summed E-state index contributed by atoms with van der Waals surface area (Å²) in [6, 6.07) is 9.46. The summed E-state index contributed by atoms with van der Waals surface area (Å²) in [6.45, 7) is 2.56. The van der Waals surface area contributed by atoms with Crippen LogP contribution in [0.5, 0.6) is 5.75 Å². The molecule has 0 bridgehead atoms. The zero-order valence-electron chi connectivity index (χ0n) is 11.3. The first-order valence-corrected chi connectivity index (χ1v) is 6.16. The number of ether oxygens (including phenoxy) is 2. The Bertz CT molecular complexity index is 400. The highest BCUT2D eigenvalue weighted by Crippen LogP contribution is 2.18. The number of hydrogen-bond acceptors (Lipinski definition) is 5. The van der Waals surface area contributed by atoms with Gasteiger partial charge in [-0.25, -0.2) is 0 Å². The van der Waals surface area contributed by atoms with E-state index in [9.17, 15) is 5.11 Å². The normalized spacial score (nSPS) is 13.6. The van der Waals surface area contributed by atoms with Crippen molar-refractivity contribution in [3.05, 3.63) is 29.8 Å². The highest BCUT2D eigenvalue weighted by molar-refractivity contribution is 5.29. The molecule has 1 aromatic rings. The smallest absolute Gasteiger partial charge is 0.174 e. The average Bonchev–Trinajstić information content (AvgIpc) is 2.45. The SMILES string of the molecule is COCC(CO)NC(C)c1ccc(OCC#N)cc1. The molecule has 0 aliphatic heterocycles. The van der Waals surface area contributed by atoms with Gasteiger partial charge in [0.1, 0.15) is 11.8 Å². The van der Waals surface area contributed by atoms with Crippen molar-refractivity contribution in [2.45, 2.75) is 19.0 Å². The van der Waals surface area contributed by atoms with E-state index >= 15 is 0 Å². The summed E-state index contributed by atoms with van der Waals surface area (Å²) in [5.74, 6) is 0.674. The van der Waals surface area contributed by atoms with E-state index in [2.05, 4.69) is 5.32 Å². The molecule has 0 aromatic heterocycles. The van der Waals surface area contributed by atoms with Crippen LogP contribution in [0.15, 0.2) is 24.3 Å². The largest absolute Gasteiger partial charge is 0.479 e. The summed E-state index contributed by atoms with van der Waals surface area (Å²) in [4.78, 5) is 0. The van der Waals surface area contributed by atoms with Gasteiger partial charge >= 0.3 is 0 Å². The zero-order valence-corrected chi connectivity index (χ0v) is 11.3. The van der Waals surface area contributed by atoms with Crippen molar-refractivity contribution in [1.29, 1.82) is 5.26 Å². The first-order chi connectivity index (χ1) is 9.21. The number of benzene rings is 1.